The molecule has 0 saturated carbocycles. The van der Waals surface area contributed by atoms with Crippen molar-refractivity contribution >= 4 is 16.7 Å². The van der Waals surface area contributed by atoms with Crippen molar-refractivity contribution in [2.75, 3.05) is 0 Å². The lowest BCUT2D eigenvalue weighted by Crippen LogP contribution is -2.21. The predicted octanol–water partition coefficient (Wildman–Crippen LogP) is 0.726. The van der Waals surface area contributed by atoms with Gasteiger partial charge >= 0.3 is 0 Å². The van der Waals surface area contributed by atoms with Crippen molar-refractivity contribution < 1.29 is 0 Å². The maximum absolute atomic E-state index is 12.9. The predicted molar refractivity (Wildman–Crippen MR) is 82.7 cm³/mol. The highest BCUT2D eigenvalue weighted by atomic mass is 16.1. The zero-order valence-corrected chi connectivity index (χ0v) is 12.9. The lowest BCUT2D eigenvalue weighted by Gasteiger charge is -2.06. The average Bonchev–Trinajstić information content (AvgIpc) is 3.13. The first-order valence-corrected chi connectivity index (χ1v) is 7.25. The van der Waals surface area contributed by atoms with Crippen molar-refractivity contribution in [3.8, 4) is 5.95 Å². The van der Waals surface area contributed by atoms with Crippen LogP contribution in [-0.4, -0.2) is 39.3 Å². The Morgan fingerprint density at radius 2 is 2.04 bits per heavy atom. The highest BCUT2D eigenvalue weighted by Gasteiger charge is 2.15. The lowest BCUT2D eigenvalue weighted by molar-refractivity contribution is 0.889. The maximum Gasteiger partial charge on any atom is 0.268 e. The Bertz CT molecular complexity index is 1100. The summed E-state index contributed by atoms with van der Waals surface area (Å²) in [4.78, 5) is 25.8. The normalized spacial score (nSPS) is 11.6. The second-order valence-corrected chi connectivity index (χ2v) is 5.25. The van der Waals surface area contributed by atoms with Crippen LogP contribution in [0.2, 0.25) is 0 Å². The summed E-state index contributed by atoms with van der Waals surface area (Å²) in [5, 5.41) is 11.7. The summed E-state index contributed by atoms with van der Waals surface area (Å²) in [5.41, 5.74) is 1.04. The molecule has 0 spiro atoms. The van der Waals surface area contributed by atoms with Crippen LogP contribution in [0.3, 0.4) is 0 Å². The molecule has 4 rings (SSSR count). The molecule has 0 aliphatic heterocycles. The van der Waals surface area contributed by atoms with Crippen LogP contribution >= 0.6 is 0 Å². The van der Waals surface area contributed by atoms with E-state index in [-0.39, 0.29) is 5.56 Å². The van der Waals surface area contributed by atoms with Crippen LogP contribution in [0.4, 0.5) is 0 Å². The Labute approximate surface area is 130 Å². The molecule has 1 N–H and O–H groups in total. The van der Waals surface area contributed by atoms with E-state index in [4.69, 9.17) is 0 Å². The van der Waals surface area contributed by atoms with Crippen molar-refractivity contribution in [3.63, 3.8) is 0 Å². The zero-order chi connectivity index (χ0) is 16.1. The number of H-pyrrole nitrogens is 1. The van der Waals surface area contributed by atoms with Gasteiger partial charge in [0, 0.05) is 12.6 Å². The molecule has 0 saturated heterocycles. The number of aryl methyl sites for hydroxylation is 3. The van der Waals surface area contributed by atoms with Crippen molar-refractivity contribution in [1.29, 1.82) is 0 Å². The summed E-state index contributed by atoms with van der Waals surface area (Å²) in [5.74, 6) is 2.14. The quantitative estimate of drug-likeness (QED) is 0.585. The van der Waals surface area contributed by atoms with Crippen LogP contribution in [0.25, 0.3) is 22.6 Å². The molecule has 0 aliphatic carbocycles. The first kappa shape index (κ1) is 13.6. The van der Waals surface area contributed by atoms with Crippen LogP contribution in [-0.2, 0) is 6.42 Å². The Hall–Kier alpha value is -3.10. The molecule has 0 aromatic carbocycles. The van der Waals surface area contributed by atoms with E-state index in [2.05, 4.69) is 30.2 Å². The van der Waals surface area contributed by atoms with E-state index in [1.807, 2.05) is 6.92 Å². The first-order valence-electron chi connectivity index (χ1n) is 7.25. The number of aromatic nitrogens is 8. The van der Waals surface area contributed by atoms with Crippen LogP contribution in [0.5, 0.6) is 0 Å². The van der Waals surface area contributed by atoms with E-state index in [1.165, 1.54) is 4.57 Å². The number of fused-ring (bicyclic) bond motifs is 3. The third kappa shape index (κ3) is 1.93. The van der Waals surface area contributed by atoms with Gasteiger partial charge in [-0.3, -0.25) is 9.89 Å². The highest BCUT2D eigenvalue weighted by Crippen LogP contribution is 2.15. The van der Waals surface area contributed by atoms with Gasteiger partial charge in [-0.15, -0.1) is 10.2 Å². The molecule has 0 fully saturated rings. The third-order valence-electron chi connectivity index (χ3n) is 3.69. The Kier molecular flexibility index (Phi) is 2.77. The van der Waals surface area contributed by atoms with Gasteiger partial charge < -0.3 is 0 Å². The minimum Gasteiger partial charge on any atom is -0.268 e. The van der Waals surface area contributed by atoms with E-state index < -0.39 is 0 Å². The van der Waals surface area contributed by atoms with Crippen LogP contribution in [0.15, 0.2) is 17.1 Å². The first-order chi connectivity index (χ1) is 11.1. The second kappa shape index (κ2) is 4.70. The second-order valence-electron chi connectivity index (χ2n) is 5.25. The number of rotatable bonds is 2. The fourth-order valence-electron chi connectivity index (χ4n) is 2.60. The molecule has 9 heteroatoms. The van der Waals surface area contributed by atoms with Crippen molar-refractivity contribution in [3.05, 3.63) is 40.0 Å². The molecule has 0 bridgehead atoms. The fraction of sp³-hybridized carbons (Fsp3) is 0.286. The summed E-state index contributed by atoms with van der Waals surface area (Å²) in [6.45, 7) is 5.54. The molecule has 23 heavy (non-hydrogen) atoms. The van der Waals surface area contributed by atoms with Gasteiger partial charge in [-0.25, -0.2) is 9.55 Å². The number of nitrogens with zero attached hydrogens (tertiary/aromatic N) is 7. The van der Waals surface area contributed by atoms with Crippen molar-refractivity contribution in [2.24, 2.45) is 0 Å². The minimum atomic E-state index is -0.232. The van der Waals surface area contributed by atoms with Crippen LogP contribution < -0.4 is 5.56 Å². The van der Waals surface area contributed by atoms with Gasteiger partial charge in [-0.2, -0.15) is 14.5 Å². The Balaban J connectivity index is 2.06. The lowest BCUT2D eigenvalue weighted by atomic mass is 10.2. The van der Waals surface area contributed by atoms with Crippen molar-refractivity contribution in [1.82, 2.24) is 39.3 Å². The van der Waals surface area contributed by atoms with Gasteiger partial charge in [-0.1, -0.05) is 6.92 Å². The molecule has 116 valence electrons. The molecular weight excluding hydrogens is 296 g/mol. The minimum absolute atomic E-state index is 0.232. The summed E-state index contributed by atoms with van der Waals surface area (Å²) in [6.07, 6.45) is 2.36. The van der Waals surface area contributed by atoms with Gasteiger partial charge in [-0.05, 0) is 19.9 Å². The molecule has 0 aliphatic rings. The number of pyridine rings is 1. The monoisotopic (exact) mass is 310 g/mol. The Morgan fingerprint density at radius 3 is 2.78 bits per heavy atom. The molecule has 4 heterocycles. The molecule has 9 nitrogen and oxygen atoms in total. The molecular formula is C14H14N8O. The van der Waals surface area contributed by atoms with E-state index >= 15 is 0 Å². The summed E-state index contributed by atoms with van der Waals surface area (Å²) >= 11 is 0. The Morgan fingerprint density at radius 1 is 1.22 bits per heavy atom. The summed E-state index contributed by atoms with van der Waals surface area (Å²) < 4.78 is 2.99. The van der Waals surface area contributed by atoms with E-state index in [9.17, 15) is 4.79 Å². The van der Waals surface area contributed by atoms with Crippen LogP contribution in [0, 0.1) is 13.8 Å². The smallest absolute Gasteiger partial charge is 0.268 e. The molecule has 0 radical (unpaired) electrons. The van der Waals surface area contributed by atoms with Gasteiger partial charge in [0.2, 0.25) is 0 Å². The number of nitrogens with one attached hydrogen (secondary N) is 1. The summed E-state index contributed by atoms with van der Waals surface area (Å²) in [6, 6.07) is 1.80. The molecule has 0 atom stereocenters. The van der Waals surface area contributed by atoms with E-state index in [0.29, 0.717) is 34.1 Å². The topological polar surface area (TPSA) is 107 Å². The summed E-state index contributed by atoms with van der Waals surface area (Å²) in [7, 11) is 0. The van der Waals surface area contributed by atoms with Gasteiger partial charge in [0.05, 0.1) is 16.6 Å². The molecule has 0 amide bonds. The fourth-order valence-corrected chi connectivity index (χ4v) is 2.60. The van der Waals surface area contributed by atoms with Crippen molar-refractivity contribution in [2.45, 2.75) is 27.2 Å². The zero-order valence-electron chi connectivity index (χ0n) is 12.9. The average molecular weight is 310 g/mol. The molecule has 4 aromatic heterocycles. The number of aromatic amines is 1. The maximum atomic E-state index is 12.9. The standard InChI is InChI=1S/C14H14N8O/c1-4-10-17-14(19-18-10)21-6-5-9-11(12(21)23)7(2)15-13-16-8(3)20-22(9)13/h5-6H,4H2,1-3H3,(H,17,18,19). The highest BCUT2D eigenvalue weighted by molar-refractivity contribution is 5.82. The number of hydrogen-bond donors (Lipinski definition) is 1. The molecule has 4 aromatic rings. The SMILES string of the molecule is CCc1nc(-n2ccc3c(c(C)nc4nc(C)nn43)c2=O)n[nH]1. The largest absolute Gasteiger partial charge is 0.268 e. The van der Waals surface area contributed by atoms with E-state index in [0.717, 1.165) is 12.2 Å². The number of hydrogen-bond acceptors (Lipinski definition) is 6. The third-order valence-corrected chi connectivity index (χ3v) is 3.69. The van der Waals surface area contributed by atoms with E-state index in [1.54, 1.807) is 30.6 Å². The molecule has 0 unspecified atom stereocenters. The van der Waals surface area contributed by atoms with Gasteiger partial charge in [0.1, 0.15) is 11.6 Å². The van der Waals surface area contributed by atoms with Gasteiger partial charge in [0.15, 0.2) is 0 Å². The van der Waals surface area contributed by atoms with Gasteiger partial charge in [0.25, 0.3) is 17.3 Å². The van der Waals surface area contributed by atoms with Crippen LogP contribution in [0.1, 0.15) is 24.3 Å².